The molecule has 3 aromatic rings. The zero-order valence-electron chi connectivity index (χ0n) is 17.6. The van der Waals surface area contributed by atoms with E-state index in [0.29, 0.717) is 11.5 Å². The van der Waals surface area contributed by atoms with Crippen LogP contribution in [0.15, 0.2) is 41.6 Å². The van der Waals surface area contributed by atoms with Gasteiger partial charge in [-0.05, 0) is 62.5 Å². The van der Waals surface area contributed by atoms with Gasteiger partial charge in [-0.25, -0.2) is 9.97 Å². The number of methoxy groups -OCH3 is 2. The Kier molecular flexibility index (Phi) is 6.44. The van der Waals surface area contributed by atoms with Crippen molar-refractivity contribution in [3.05, 3.63) is 36.7 Å². The summed E-state index contributed by atoms with van der Waals surface area (Å²) in [4.78, 5) is 12.5. The Morgan fingerprint density at radius 3 is 2.47 bits per heavy atom. The molecule has 4 rings (SSSR count). The number of ether oxygens (including phenoxy) is 2. The summed E-state index contributed by atoms with van der Waals surface area (Å²) in [6.07, 6.45) is 5.31. The quantitative estimate of drug-likeness (QED) is 0.532. The van der Waals surface area contributed by atoms with Crippen molar-refractivity contribution < 1.29 is 9.47 Å². The van der Waals surface area contributed by atoms with E-state index in [0.717, 1.165) is 40.4 Å². The molecule has 0 saturated carbocycles. The minimum absolute atomic E-state index is 0.649. The van der Waals surface area contributed by atoms with E-state index in [1.54, 1.807) is 32.5 Å². The number of anilines is 3. The summed E-state index contributed by atoms with van der Waals surface area (Å²) >= 11 is 1.59. The molecular formula is C22H27N5O2S. The predicted octanol–water partition coefficient (Wildman–Crippen LogP) is 4.61. The van der Waals surface area contributed by atoms with Gasteiger partial charge in [0.25, 0.3) is 0 Å². The van der Waals surface area contributed by atoms with Crippen LogP contribution < -0.4 is 24.4 Å². The first-order valence-electron chi connectivity index (χ1n) is 10.1. The van der Waals surface area contributed by atoms with Gasteiger partial charge in [0.2, 0.25) is 0 Å². The third-order valence-corrected chi connectivity index (χ3v) is 5.97. The van der Waals surface area contributed by atoms with Crippen molar-refractivity contribution in [2.24, 2.45) is 0 Å². The van der Waals surface area contributed by atoms with Crippen molar-refractivity contribution in [1.29, 1.82) is 0 Å². The van der Waals surface area contributed by atoms with Crippen molar-refractivity contribution in [2.45, 2.75) is 24.2 Å². The third-order valence-electron chi connectivity index (χ3n) is 5.28. The van der Waals surface area contributed by atoms with Gasteiger partial charge in [0, 0.05) is 29.4 Å². The average Bonchev–Trinajstić information content (AvgIpc) is 2.79. The maximum absolute atomic E-state index is 5.49. The second-order valence-corrected chi connectivity index (χ2v) is 8.19. The van der Waals surface area contributed by atoms with Crippen LogP contribution in [0, 0.1) is 0 Å². The molecule has 0 aliphatic carbocycles. The van der Waals surface area contributed by atoms with E-state index in [2.05, 4.69) is 43.1 Å². The SMILES string of the molecule is CNSc1ccc(N2CCCCC2)c(Nc2ncnc3cc(OC)c(OC)cc23)c1. The lowest BCUT2D eigenvalue weighted by Crippen LogP contribution is -2.29. The number of hydrogen-bond donors (Lipinski definition) is 2. The molecule has 1 aliphatic heterocycles. The van der Waals surface area contributed by atoms with Crippen LogP contribution in [0.5, 0.6) is 11.5 Å². The van der Waals surface area contributed by atoms with Gasteiger partial charge in [-0.3, -0.25) is 4.72 Å². The average molecular weight is 426 g/mol. The second-order valence-electron chi connectivity index (χ2n) is 7.10. The first-order chi connectivity index (χ1) is 14.7. The topological polar surface area (TPSA) is 71.5 Å². The molecule has 2 aromatic carbocycles. The largest absolute Gasteiger partial charge is 0.493 e. The van der Waals surface area contributed by atoms with Crippen LogP contribution >= 0.6 is 11.9 Å². The number of nitrogens with one attached hydrogen (secondary N) is 2. The number of aromatic nitrogens is 2. The number of rotatable bonds is 7. The summed E-state index contributed by atoms with van der Waals surface area (Å²) in [5, 5.41) is 4.45. The molecule has 2 N–H and O–H groups in total. The molecule has 7 nitrogen and oxygen atoms in total. The van der Waals surface area contributed by atoms with Gasteiger partial charge in [0.1, 0.15) is 12.1 Å². The molecule has 1 aliphatic rings. The van der Waals surface area contributed by atoms with E-state index in [1.807, 2.05) is 19.2 Å². The zero-order chi connectivity index (χ0) is 20.9. The van der Waals surface area contributed by atoms with E-state index < -0.39 is 0 Å². The maximum Gasteiger partial charge on any atom is 0.162 e. The van der Waals surface area contributed by atoms with Crippen LogP contribution in [0.3, 0.4) is 0 Å². The monoisotopic (exact) mass is 425 g/mol. The van der Waals surface area contributed by atoms with Crippen LogP contribution in [0.4, 0.5) is 17.2 Å². The van der Waals surface area contributed by atoms with Crippen molar-refractivity contribution in [3.63, 3.8) is 0 Å². The fourth-order valence-corrected chi connectivity index (χ4v) is 4.37. The second kappa shape index (κ2) is 9.40. The van der Waals surface area contributed by atoms with E-state index in [9.17, 15) is 0 Å². The summed E-state index contributed by atoms with van der Waals surface area (Å²) in [5.74, 6) is 2.04. The molecule has 1 aromatic heterocycles. The highest BCUT2D eigenvalue weighted by Crippen LogP contribution is 2.37. The van der Waals surface area contributed by atoms with Gasteiger partial charge >= 0.3 is 0 Å². The van der Waals surface area contributed by atoms with Gasteiger partial charge in [-0.1, -0.05) is 0 Å². The minimum Gasteiger partial charge on any atom is -0.493 e. The van der Waals surface area contributed by atoms with E-state index in [-0.39, 0.29) is 0 Å². The molecule has 0 amide bonds. The summed E-state index contributed by atoms with van der Waals surface area (Å²) in [6, 6.07) is 10.3. The lowest BCUT2D eigenvalue weighted by atomic mass is 10.1. The third kappa shape index (κ3) is 4.24. The summed E-state index contributed by atoms with van der Waals surface area (Å²) < 4.78 is 14.1. The molecule has 1 saturated heterocycles. The van der Waals surface area contributed by atoms with Crippen LogP contribution in [-0.2, 0) is 0 Å². The first-order valence-corrected chi connectivity index (χ1v) is 10.9. The molecule has 0 atom stereocenters. The summed E-state index contributed by atoms with van der Waals surface area (Å²) in [5.41, 5.74) is 3.03. The smallest absolute Gasteiger partial charge is 0.162 e. The Balaban J connectivity index is 1.77. The molecule has 0 unspecified atom stereocenters. The maximum atomic E-state index is 5.49. The van der Waals surface area contributed by atoms with Gasteiger partial charge in [0.05, 0.1) is 31.1 Å². The van der Waals surface area contributed by atoms with Crippen LogP contribution in [-0.4, -0.2) is 44.3 Å². The number of hydrogen-bond acceptors (Lipinski definition) is 8. The molecule has 158 valence electrons. The molecular weight excluding hydrogens is 398 g/mol. The normalized spacial score (nSPS) is 14.0. The molecule has 0 radical (unpaired) electrons. The van der Waals surface area contributed by atoms with Gasteiger partial charge in [-0.15, -0.1) is 0 Å². The van der Waals surface area contributed by atoms with Crippen LogP contribution in [0.25, 0.3) is 10.9 Å². The van der Waals surface area contributed by atoms with Gasteiger partial charge in [0.15, 0.2) is 11.5 Å². The minimum atomic E-state index is 0.649. The van der Waals surface area contributed by atoms with Gasteiger partial charge < -0.3 is 19.7 Å². The van der Waals surface area contributed by atoms with Crippen molar-refractivity contribution in [2.75, 3.05) is 44.6 Å². The highest BCUT2D eigenvalue weighted by atomic mass is 32.2. The molecule has 30 heavy (non-hydrogen) atoms. The number of benzene rings is 2. The lowest BCUT2D eigenvalue weighted by molar-refractivity contribution is 0.356. The Morgan fingerprint density at radius 1 is 0.967 bits per heavy atom. The van der Waals surface area contributed by atoms with E-state index >= 15 is 0 Å². The van der Waals surface area contributed by atoms with Crippen LogP contribution in [0.1, 0.15) is 19.3 Å². The standard InChI is InChI=1S/C22H27N5O2S/c1-23-30-15-7-8-19(27-9-5-4-6-10-27)18(11-15)26-22-16-12-20(28-2)21(29-3)13-17(16)24-14-25-22/h7-8,11-14,23H,4-6,9-10H2,1-3H3,(H,24,25,26). The van der Waals surface area contributed by atoms with Crippen LogP contribution in [0.2, 0.25) is 0 Å². The number of nitrogens with zero attached hydrogens (tertiary/aromatic N) is 3. The number of fused-ring (bicyclic) bond motifs is 1. The Morgan fingerprint density at radius 2 is 1.73 bits per heavy atom. The van der Waals surface area contributed by atoms with Gasteiger partial charge in [-0.2, -0.15) is 0 Å². The zero-order valence-corrected chi connectivity index (χ0v) is 18.4. The van der Waals surface area contributed by atoms with Crippen molar-refractivity contribution in [3.8, 4) is 11.5 Å². The summed E-state index contributed by atoms with van der Waals surface area (Å²) in [6.45, 7) is 2.14. The lowest BCUT2D eigenvalue weighted by Gasteiger charge is -2.31. The fraction of sp³-hybridized carbons (Fsp3) is 0.364. The Hall–Kier alpha value is -2.71. The highest BCUT2D eigenvalue weighted by Gasteiger charge is 2.17. The molecule has 0 bridgehead atoms. The van der Waals surface area contributed by atoms with Crippen molar-refractivity contribution in [1.82, 2.24) is 14.7 Å². The molecule has 1 fully saturated rings. The predicted molar refractivity (Wildman–Crippen MR) is 123 cm³/mol. The Labute approximate surface area is 181 Å². The first kappa shape index (κ1) is 20.6. The molecule has 2 heterocycles. The summed E-state index contributed by atoms with van der Waals surface area (Å²) in [7, 11) is 5.18. The fourth-order valence-electron chi connectivity index (χ4n) is 3.82. The molecule has 8 heteroatoms. The van der Waals surface area contributed by atoms with E-state index in [1.165, 1.54) is 24.9 Å². The number of piperidine rings is 1. The Bertz CT molecular complexity index is 1020. The van der Waals surface area contributed by atoms with Crippen molar-refractivity contribution >= 4 is 40.0 Å². The highest BCUT2D eigenvalue weighted by molar-refractivity contribution is 7.97. The van der Waals surface area contributed by atoms with E-state index in [4.69, 9.17) is 9.47 Å². The molecule has 0 spiro atoms.